The van der Waals surface area contributed by atoms with Gasteiger partial charge >= 0.3 is 5.97 Å². The molecule has 164 valence electrons. The fraction of sp³-hybridized carbons (Fsp3) is 0.412. The van der Waals surface area contributed by atoms with Crippen molar-refractivity contribution in [3.8, 4) is 0 Å². The molecule has 0 aliphatic carbocycles. The first-order valence-electron chi connectivity index (χ1n) is 9.20. The normalized spacial score (nSPS) is 24.2. The summed E-state index contributed by atoms with van der Waals surface area (Å²) in [6.45, 7) is 0. The zero-order chi connectivity index (χ0) is 22.1. The number of imidazole rings is 2. The van der Waals surface area contributed by atoms with Crippen LogP contribution in [-0.2, 0) is 25.5 Å². The molecule has 0 aromatic carbocycles. The summed E-state index contributed by atoms with van der Waals surface area (Å²) in [6.07, 6.45) is -0.154. The molecule has 0 saturated carbocycles. The highest BCUT2D eigenvalue weighted by atomic mass is 16.6. The molecular weight excluding hydrogens is 412 g/mol. The summed E-state index contributed by atoms with van der Waals surface area (Å²) in [5.74, 6) is -1.37. The first-order chi connectivity index (χ1) is 14.9. The van der Waals surface area contributed by atoms with Crippen LogP contribution in [0.3, 0.4) is 0 Å². The van der Waals surface area contributed by atoms with Crippen molar-refractivity contribution in [2.75, 3.05) is 12.8 Å². The van der Waals surface area contributed by atoms with Gasteiger partial charge in [-0.25, -0.2) is 24.7 Å². The minimum atomic E-state index is -1.58. The Morgan fingerprint density at radius 2 is 2.16 bits per heavy atom. The molecule has 0 bridgehead atoms. The van der Waals surface area contributed by atoms with Crippen LogP contribution in [0.1, 0.15) is 11.9 Å². The number of hydrogen-bond donors (Lipinski definition) is 5. The van der Waals surface area contributed by atoms with Crippen LogP contribution in [0, 0.1) is 0 Å². The smallest absolute Gasteiger partial charge is 0.328 e. The number of ether oxygens (including phenoxy) is 2. The van der Waals surface area contributed by atoms with E-state index < -0.39 is 42.5 Å². The number of H-pyrrole nitrogens is 1. The molecule has 6 N–H and O–H groups in total. The summed E-state index contributed by atoms with van der Waals surface area (Å²) in [7, 11) is 1.19. The summed E-state index contributed by atoms with van der Waals surface area (Å²) in [5.41, 5.74) is 6.89. The first kappa shape index (κ1) is 20.6. The summed E-state index contributed by atoms with van der Waals surface area (Å²) in [5, 5.41) is 23.4. The third-order valence-corrected chi connectivity index (χ3v) is 4.94. The summed E-state index contributed by atoms with van der Waals surface area (Å²) >= 11 is 0. The second-order valence-corrected chi connectivity index (χ2v) is 6.88. The number of nitrogen functional groups attached to an aromatic ring is 1. The third kappa shape index (κ3) is 3.78. The number of fused-ring (bicyclic) bond motifs is 1. The van der Waals surface area contributed by atoms with Crippen molar-refractivity contribution in [2.45, 2.75) is 37.0 Å². The lowest BCUT2D eigenvalue weighted by molar-refractivity contribution is -0.148. The van der Waals surface area contributed by atoms with Crippen molar-refractivity contribution in [1.82, 2.24) is 34.8 Å². The van der Waals surface area contributed by atoms with Gasteiger partial charge in [0.15, 0.2) is 23.8 Å². The Bertz CT molecular complexity index is 1090. The average molecular weight is 432 g/mol. The van der Waals surface area contributed by atoms with Crippen LogP contribution in [0.25, 0.3) is 11.2 Å². The maximum absolute atomic E-state index is 12.8. The van der Waals surface area contributed by atoms with Crippen molar-refractivity contribution < 1.29 is 29.3 Å². The molecule has 14 nitrogen and oxygen atoms in total. The van der Waals surface area contributed by atoms with E-state index in [9.17, 15) is 19.8 Å². The molecular formula is C17H20N8O6. The van der Waals surface area contributed by atoms with E-state index in [4.69, 9.17) is 15.2 Å². The van der Waals surface area contributed by atoms with Crippen LogP contribution in [0.5, 0.6) is 0 Å². The maximum atomic E-state index is 12.8. The van der Waals surface area contributed by atoms with Crippen molar-refractivity contribution in [2.24, 2.45) is 0 Å². The highest BCUT2D eigenvalue weighted by Crippen LogP contribution is 2.32. The Kier molecular flexibility index (Phi) is 5.50. The van der Waals surface area contributed by atoms with Crippen LogP contribution in [0.15, 0.2) is 25.2 Å². The minimum absolute atomic E-state index is 0.0789. The van der Waals surface area contributed by atoms with Gasteiger partial charge < -0.3 is 35.7 Å². The second-order valence-electron chi connectivity index (χ2n) is 6.88. The second kappa shape index (κ2) is 8.25. The molecule has 14 heteroatoms. The maximum Gasteiger partial charge on any atom is 0.328 e. The number of aromatic amines is 1. The molecule has 3 aromatic rings. The number of hydrogen-bond acceptors (Lipinski definition) is 11. The fourth-order valence-electron chi connectivity index (χ4n) is 3.37. The molecule has 5 atom stereocenters. The molecule has 0 radical (unpaired) electrons. The zero-order valence-electron chi connectivity index (χ0n) is 16.2. The van der Waals surface area contributed by atoms with Crippen molar-refractivity contribution in [1.29, 1.82) is 0 Å². The van der Waals surface area contributed by atoms with E-state index in [2.05, 4.69) is 30.2 Å². The molecule has 1 fully saturated rings. The molecule has 0 spiro atoms. The van der Waals surface area contributed by atoms with E-state index in [1.165, 1.54) is 36.9 Å². The van der Waals surface area contributed by atoms with Gasteiger partial charge in [0.2, 0.25) is 0 Å². The van der Waals surface area contributed by atoms with E-state index >= 15 is 0 Å². The summed E-state index contributed by atoms with van der Waals surface area (Å²) in [6, 6.07) is -1.06. The van der Waals surface area contributed by atoms with Crippen LogP contribution in [0.2, 0.25) is 0 Å². The number of anilines is 1. The Morgan fingerprint density at radius 3 is 2.87 bits per heavy atom. The largest absolute Gasteiger partial charge is 0.467 e. The number of nitrogens with one attached hydrogen (secondary N) is 2. The van der Waals surface area contributed by atoms with E-state index in [-0.39, 0.29) is 23.4 Å². The highest BCUT2D eigenvalue weighted by Gasteiger charge is 2.48. The molecule has 1 aliphatic heterocycles. The van der Waals surface area contributed by atoms with Gasteiger partial charge in [-0.3, -0.25) is 9.36 Å². The number of aromatic nitrogens is 6. The van der Waals surface area contributed by atoms with Gasteiger partial charge in [0.05, 0.1) is 19.8 Å². The number of rotatable bonds is 6. The van der Waals surface area contributed by atoms with Gasteiger partial charge in [-0.05, 0) is 0 Å². The highest BCUT2D eigenvalue weighted by molar-refractivity contribution is 5.88. The fourth-order valence-corrected chi connectivity index (χ4v) is 3.37. The number of carbonyl (C=O) groups is 2. The Hall–Kier alpha value is -3.62. The van der Waals surface area contributed by atoms with Gasteiger partial charge in [-0.2, -0.15) is 0 Å². The van der Waals surface area contributed by atoms with Crippen LogP contribution in [-0.4, -0.2) is 83.0 Å². The topological polar surface area (TPSA) is 203 Å². The molecule has 1 aliphatic rings. The molecule has 3 aromatic heterocycles. The van der Waals surface area contributed by atoms with Crippen molar-refractivity contribution in [3.05, 3.63) is 30.9 Å². The zero-order valence-corrected chi connectivity index (χ0v) is 16.2. The Morgan fingerprint density at radius 1 is 1.35 bits per heavy atom. The van der Waals surface area contributed by atoms with E-state index in [1.54, 1.807) is 0 Å². The first-order valence-corrected chi connectivity index (χ1v) is 9.20. The third-order valence-electron chi connectivity index (χ3n) is 4.94. The quantitative estimate of drug-likeness (QED) is 0.261. The number of amides is 1. The summed E-state index contributed by atoms with van der Waals surface area (Å²) in [4.78, 5) is 43.6. The minimum Gasteiger partial charge on any atom is -0.467 e. The van der Waals surface area contributed by atoms with Crippen LogP contribution < -0.4 is 11.1 Å². The monoisotopic (exact) mass is 432 g/mol. The lowest BCUT2D eigenvalue weighted by Crippen LogP contribution is -2.50. The Balaban J connectivity index is 1.53. The molecule has 0 unspecified atom stereocenters. The molecule has 1 saturated heterocycles. The molecule has 4 heterocycles. The molecule has 1 amide bonds. The standard InChI is InChI=1S/C17H20N8O6/c1-30-17(29)8(2-7-3-19-4-20-7)24-15(28)12-10(26)11(27)16(31-12)25-6-23-9-13(18)21-5-22-14(9)25/h3-6,8,10-12,16,26-27H,2H2,1H3,(H,19,20)(H,24,28)(H2,18,21,22)/t8-,10-,11+,12-,16+/m0/s1. The number of aliphatic hydroxyl groups is 2. The predicted octanol–water partition coefficient (Wildman–Crippen LogP) is -2.35. The molecule has 4 rings (SSSR count). The van der Waals surface area contributed by atoms with Gasteiger partial charge in [-0.1, -0.05) is 0 Å². The number of nitrogens with zero attached hydrogens (tertiary/aromatic N) is 5. The van der Waals surface area contributed by atoms with Crippen LogP contribution in [0.4, 0.5) is 5.82 Å². The van der Waals surface area contributed by atoms with E-state index in [0.717, 1.165) is 0 Å². The number of methoxy groups -OCH3 is 1. The van der Waals surface area contributed by atoms with Gasteiger partial charge in [0.1, 0.15) is 30.1 Å². The van der Waals surface area contributed by atoms with E-state index in [0.29, 0.717) is 5.69 Å². The SMILES string of the molecule is COC(=O)[C@H](Cc1cnc[nH]1)NC(=O)[C@H]1O[C@@H](n2cnc3c(N)ncnc32)[C@H](O)[C@@H]1O. The number of esters is 1. The average Bonchev–Trinajstić information content (AvgIpc) is 3.48. The van der Waals surface area contributed by atoms with E-state index in [1.807, 2.05) is 0 Å². The summed E-state index contributed by atoms with van der Waals surface area (Å²) < 4.78 is 11.7. The van der Waals surface area contributed by atoms with Crippen LogP contribution >= 0.6 is 0 Å². The van der Waals surface area contributed by atoms with Crippen molar-refractivity contribution >= 4 is 28.9 Å². The molecule has 31 heavy (non-hydrogen) atoms. The number of nitrogens with two attached hydrogens (primary N) is 1. The van der Waals surface area contributed by atoms with Crippen molar-refractivity contribution in [3.63, 3.8) is 0 Å². The Labute approximate surface area is 174 Å². The number of aliphatic hydroxyl groups excluding tert-OH is 2. The lowest BCUT2D eigenvalue weighted by Gasteiger charge is -2.20. The van der Waals surface area contributed by atoms with Gasteiger partial charge in [0.25, 0.3) is 5.91 Å². The number of carbonyl (C=O) groups excluding carboxylic acids is 2. The van der Waals surface area contributed by atoms with Gasteiger partial charge in [-0.15, -0.1) is 0 Å². The predicted molar refractivity (Wildman–Crippen MR) is 102 cm³/mol. The lowest BCUT2D eigenvalue weighted by atomic mass is 10.1. The van der Waals surface area contributed by atoms with Gasteiger partial charge in [0, 0.05) is 18.3 Å².